The topological polar surface area (TPSA) is 30.7 Å². The number of aromatic nitrogens is 3. The Labute approximate surface area is 129 Å². The molecule has 0 fully saturated rings. The predicted octanol–water partition coefficient (Wildman–Crippen LogP) is 4.53. The Morgan fingerprint density at radius 2 is 1.80 bits per heavy atom. The summed E-state index contributed by atoms with van der Waals surface area (Å²) in [4.78, 5) is 0. The summed E-state index contributed by atoms with van der Waals surface area (Å²) in [6, 6.07) is 0. The summed E-state index contributed by atoms with van der Waals surface area (Å²) in [5.74, 6) is 0.839. The molecule has 0 aromatic carbocycles. The Morgan fingerprint density at radius 3 is 2.50 bits per heavy atom. The fourth-order valence-corrected chi connectivity index (χ4v) is 2.59. The van der Waals surface area contributed by atoms with Crippen LogP contribution in [0.25, 0.3) is 0 Å². The first kappa shape index (κ1) is 17.5. The van der Waals surface area contributed by atoms with Crippen molar-refractivity contribution in [2.75, 3.05) is 0 Å². The zero-order chi connectivity index (χ0) is 14.8. The van der Waals surface area contributed by atoms with Gasteiger partial charge < -0.3 is 0 Å². The Morgan fingerprint density at radius 1 is 1.05 bits per heavy atom. The van der Waals surface area contributed by atoms with Crippen LogP contribution >= 0.6 is 12.6 Å². The molecule has 20 heavy (non-hydrogen) atoms. The Balaban J connectivity index is 2.15. The van der Waals surface area contributed by atoms with E-state index < -0.39 is 0 Å². The first-order valence-corrected chi connectivity index (χ1v) is 8.66. The smallest absolute Gasteiger partial charge is 0.0725 e. The molecular formula is C16H31N3S. The van der Waals surface area contributed by atoms with Gasteiger partial charge in [-0.15, -0.1) is 5.10 Å². The van der Waals surface area contributed by atoms with E-state index in [9.17, 15) is 0 Å². The van der Waals surface area contributed by atoms with Crippen LogP contribution in [0.4, 0.5) is 0 Å². The number of thiol groups is 1. The fourth-order valence-electron chi connectivity index (χ4n) is 2.41. The Bertz CT molecular complexity index is 347. The van der Waals surface area contributed by atoms with E-state index in [-0.39, 0.29) is 0 Å². The quantitative estimate of drug-likeness (QED) is 0.480. The van der Waals surface area contributed by atoms with Gasteiger partial charge in [0.1, 0.15) is 0 Å². The van der Waals surface area contributed by atoms with Crippen molar-refractivity contribution < 1.29 is 0 Å². The SMILES string of the molecule is CC(C)CCCCCCn1nncc1CCCC(C)S. The summed E-state index contributed by atoms with van der Waals surface area (Å²) >= 11 is 4.42. The van der Waals surface area contributed by atoms with Crippen molar-refractivity contribution in [3.63, 3.8) is 0 Å². The maximum Gasteiger partial charge on any atom is 0.0725 e. The second-order valence-electron chi connectivity index (χ2n) is 6.29. The summed E-state index contributed by atoms with van der Waals surface area (Å²) in [5.41, 5.74) is 1.28. The van der Waals surface area contributed by atoms with Crippen LogP contribution in [0.15, 0.2) is 6.20 Å². The zero-order valence-corrected chi connectivity index (χ0v) is 14.3. The number of unbranched alkanes of at least 4 members (excludes halogenated alkanes) is 3. The van der Waals surface area contributed by atoms with Crippen LogP contribution < -0.4 is 0 Å². The van der Waals surface area contributed by atoms with Crippen molar-refractivity contribution in [3.05, 3.63) is 11.9 Å². The molecule has 0 bridgehead atoms. The van der Waals surface area contributed by atoms with E-state index in [0.717, 1.165) is 25.3 Å². The number of rotatable bonds is 11. The van der Waals surface area contributed by atoms with Crippen LogP contribution in [-0.4, -0.2) is 20.2 Å². The minimum absolute atomic E-state index is 0.486. The van der Waals surface area contributed by atoms with Crippen LogP contribution in [0.3, 0.4) is 0 Å². The molecule has 0 aliphatic heterocycles. The van der Waals surface area contributed by atoms with Crippen molar-refractivity contribution in [2.24, 2.45) is 5.92 Å². The molecule has 0 N–H and O–H groups in total. The highest BCUT2D eigenvalue weighted by Gasteiger charge is 2.04. The van der Waals surface area contributed by atoms with Crippen molar-refractivity contribution in [3.8, 4) is 0 Å². The first-order chi connectivity index (χ1) is 9.59. The Hall–Kier alpha value is -0.510. The standard InChI is InChI=1S/C16H31N3S/c1-14(2)9-6-4-5-7-12-19-16(13-17-18-19)11-8-10-15(3)20/h13-15,20H,4-12H2,1-3H3. The lowest BCUT2D eigenvalue weighted by Crippen LogP contribution is -2.06. The van der Waals surface area contributed by atoms with Gasteiger partial charge >= 0.3 is 0 Å². The van der Waals surface area contributed by atoms with E-state index in [1.807, 2.05) is 6.20 Å². The third kappa shape index (κ3) is 7.93. The molecule has 1 aromatic rings. The largest absolute Gasteiger partial charge is 0.249 e. The number of aryl methyl sites for hydroxylation is 2. The molecule has 1 atom stereocenters. The average molecular weight is 298 g/mol. The molecule has 0 saturated carbocycles. The Kier molecular flexibility index (Phi) is 8.99. The third-order valence-corrected chi connectivity index (χ3v) is 3.91. The van der Waals surface area contributed by atoms with Gasteiger partial charge in [0.2, 0.25) is 0 Å². The first-order valence-electron chi connectivity index (χ1n) is 8.15. The summed E-state index contributed by atoms with van der Waals surface area (Å²) in [6.45, 7) is 7.77. The maximum atomic E-state index is 4.42. The molecule has 4 heteroatoms. The van der Waals surface area contributed by atoms with Gasteiger partial charge in [-0.1, -0.05) is 51.7 Å². The van der Waals surface area contributed by atoms with Gasteiger partial charge in [0.15, 0.2) is 0 Å². The van der Waals surface area contributed by atoms with Gasteiger partial charge in [-0.05, 0) is 36.9 Å². The van der Waals surface area contributed by atoms with E-state index in [4.69, 9.17) is 0 Å². The summed E-state index contributed by atoms with van der Waals surface area (Å²) in [6.07, 6.45) is 11.9. The molecule has 0 aliphatic carbocycles. The van der Waals surface area contributed by atoms with Crippen LogP contribution in [0.5, 0.6) is 0 Å². The lowest BCUT2D eigenvalue weighted by Gasteiger charge is -2.08. The van der Waals surface area contributed by atoms with Crippen LogP contribution in [0.2, 0.25) is 0 Å². The molecule has 0 radical (unpaired) electrons. The van der Waals surface area contributed by atoms with Gasteiger partial charge in [-0.3, -0.25) is 0 Å². The zero-order valence-electron chi connectivity index (χ0n) is 13.4. The maximum absolute atomic E-state index is 4.42. The van der Waals surface area contributed by atoms with Crippen molar-refractivity contribution in [1.29, 1.82) is 0 Å². The predicted molar refractivity (Wildman–Crippen MR) is 89.3 cm³/mol. The summed E-state index contributed by atoms with van der Waals surface area (Å²) in [5, 5.41) is 8.75. The van der Waals surface area contributed by atoms with Crippen molar-refractivity contribution in [2.45, 2.75) is 83.9 Å². The third-order valence-electron chi connectivity index (χ3n) is 3.65. The molecule has 0 spiro atoms. The number of hydrogen-bond donors (Lipinski definition) is 1. The van der Waals surface area contributed by atoms with E-state index in [1.54, 1.807) is 0 Å². The lowest BCUT2D eigenvalue weighted by atomic mass is 10.0. The van der Waals surface area contributed by atoms with Gasteiger partial charge in [-0.25, -0.2) is 4.68 Å². The minimum atomic E-state index is 0.486. The van der Waals surface area contributed by atoms with Gasteiger partial charge in [0.25, 0.3) is 0 Å². The fraction of sp³-hybridized carbons (Fsp3) is 0.875. The molecule has 1 heterocycles. The number of nitrogens with zero attached hydrogens (tertiary/aromatic N) is 3. The highest BCUT2D eigenvalue weighted by molar-refractivity contribution is 7.80. The minimum Gasteiger partial charge on any atom is -0.249 e. The average Bonchev–Trinajstić information content (AvgIpc) is 2.80. The molecule has 1 rings (SSSR count). The molecule has 0 amide bonds. The van der Waals surface area contributed by atoms with Crippen molar-refractivity contribution >= 4 is 12.6 Å². The van der Waals surface area contributed by atoms with E-state index in [1.165, 1.54) is 44.2 Å². The van der Waals surface area contributed by atoms with E-state index in [2.05, 4.69) is 48.4 Å². The molecule has 3 nitrogen and oxygen atoms in total. The molecule has 1 aromatic heterocycles. The molecule has 1 unspecified atom stereocenters. The normalized spacial score (nSPS) is 13.1. The summed E-state index contributed by atoms with van der Waals surface area (Å²) in [7, 11) is 0. The summed E-state index contributed by atoms with van der Waals surface area (Å²) < 4.78 is 2.09. The highest BCUT2D eigenvalue weighted by atomic mass is 32.1. The molecular weight excluding hydrogens is 266 g/mol. The van der Waals surface area contributed by atoms with E-state index >= 15 is 0 Å². The van der Waals surface area contributed by atoms with Crippen LogP contribution in [0.1, 0.15) is 71.4 Å². The molecule has 0 saturated heterocycles. The van der Waals surface area contributed by atoms with Crippen molar-refractivity contribution in [1.82, 2.24) is 15.0 Å². The number of hydrogen-bond acceptors (Lipinski definition) is 3. The van der Waals surface area contributed by atoms with Gasteiger partial charge in [-0.2, -0.15) is 12.6 Å². The second kappa shape index (κ2) is 10.3. The highest BCUT2D eigenvalue weighted by Crippen LogP contribution is 2.12. The van der Waals surface area contributed by atoms with Crippen LogP contribution in [-0.2, 0) is 13.0 Å². The second-order valence-corrected chi connectivity index (χ2v) is 7.17. The monoisotopic (exact) mass is 297 g/mol. The van der Waals surface area contributed by atoms with Gasteiger partial charge in [0.05, 0.1) is 11.9 Å². The van der Waals surface area contributed by atoms with E-state index in [0.29, 0.717) is 5.25 Å². The van der Waals surface area contributed by atoms with Crippen LogP contribution in [0, 0.1) is 5.92 Å². The molecule has 116 valence electrons. The van der Waals surface area contributed by atoms with Gasteiger partial charge in [0, 0.05) is 6.54 Å². The lowest BCUT2D eigenvalue weighted by molar-refractivity contribution is 0.480. The molecule has 0 aliphatic rings.